The Morgan fingerprint density at radius 3 is 2.23 bits per heavy atom. The van der Waals surface area contributed by atoms with Crippen molar-refractivity contribution in [1.29, 1.82) is 0 Å². The van der Waals surface area contributed by atoms with E-state index in [-0.39, 0.29) is 18.4 Å². The Balaban J connectivity index is 3.38. The maximum atomic E-state index is 13.7. The molecule has 0 spiro atoms. The van der Waals surface area contributed by atoms with E-state index in [9.17, 15) is 31.1 Å². The summed E-state index contributed by atoms with van der Waals surface area (Å²) in [4.78, 5) is 11.5. The summed E-state index contributed by atoms with van der Waals surface area (Å²) in [5.41, 5.74) is 2.73. The van der Waals surface area contributed by atoms with Crippen LogP contribution in [-0.4, -0.2) is 29.7 Å². The van der Waals surface area contributed by atoms with Gasteiger partial charge in [0.1, 0.15) is 0 Å². The van der Waals surface area contributed by atoms with Crippen LogP contribution in [0.4, 0.5) is 32.0 Å². The van der Waals surface area contributed by atoms with E-state index < -0.39 is 35.0 Å². The van der Waals surface area contributed by atoms with Crippen molar-refractivity contribution in [2.24, 2.45) is 0 Å². The van der Waals surface area contributed by atoms with Crippen LogP contribution in [0.15, 0.2) is 18.2 Å². The number of rotatable bonds is 4. The highest BCUT2D eigenvalue weighted by Crippen LogP contribution is 2.49. The smallest absolute Gasteiger partial charge is 0.455 e. The zero-order valence-electron chi connectivity index (χ0n) is 11.0. The lowest BCUT2D eigenvalue weighted by atomic mass is 9.98. The zero-order chi connectivity index (χ0) is 17.3. The van der Waals surface area contributed by atoms with Crippen LogP contribution in [-0.2, 0) is 10.7 Å². The largest absolute Gasteiger partial charge is 0.462 e. The summed E-state index contributed by atoms with van der Waals surface area (Å²) in [7, 11) is 0. The molecule has 1 atom stereocenters. The van der Waals surface area contributed by atoms with Crippen LogP contribution in [0.3, 0.4) is 0 Å². The third-order valence-corrected chi connectivity index (χ3v) is 2.70. The van der Waals surface area contributed by atoms with E-state index in [1.807, 2.05) is 0 Å². The van der Waals surface area contributed by atoms with Crippen LogP contribution in [0.5, 0.6) is 0 Å². The van der Waals surface area contributed by atoms with Gasteiger partial charge in [0.25, 0.3) is 0 Å². The second-order valence-electron chi connectivity index (χ2n) is 4.22. The number of alkyl halides is 6. The first-order valence-corrected chi connectivity index (χ1v) is 5.79. The number of aliphatic hydroxyl groups is 1. The minimum atomic E-state index is -6.25. The Bertz CT molecular complexity index is 570. The molecule has 0 heterocycles. The second-order valence-corrected chi connectivity index (χ2v) is 4.22. The van der Waals surface area contributed by atoms with Gasteiger partial charge >= 0.3 is 23.9 Å². The van der Waals surface area contributed by atoms with E-state index >= 15 is 0 Å². The highest BCUT2D eigenvalue weighted by Gasteiger charge is 2.71. The molecule has 1 aromatic rings. The summed E-state index contributed by atoms with van der Waals surface area (Å²) in [6, 6.07) is 1.29. The van der Waals surface area contributed by atoms with Gasteiger partial charge in [0, 0.05) is 11.3 Å². The van der Waals surface area contributed by atoms with Crippen molar-refractivity contribution in [1.82, 2.24) is 0 Å². The molecule has 124 valence electrons. The lowest BCUT2D eigenvalue weighted by molar-refractivity contribution is -0.390. The van der Waals surface area contributed by atoms with Crippen LogP contribution < -0.4 is 5.73 Å². The number of halogens is 6. The number of anilines is 1. The maximum Gasteiger partial charge on any atom is 0.455 e. The number of ether oxygens (including phenoxy) is 1. The minimum absolute atomic E-state index is 0.144. The normalized spacial score (nSPS) is 15.3. The van der Waals surface area contributed by atoms with Gasteiger partial charge in [0.2, 0.25) is 0 Å². The highest BCUT2D eigenvalue weighted by atomic mass is 19.4. The van der Waals surface area contributed by atoms with Gasteiger partial charge < -0.3 is 15.6 Å². The summed E-state index contributed by atoms with van der Waals surface area (Å²) < 4.78 is 81.7. The fourth-order valence-electron chi connectivity index (χ4n) is 1.51. The molecule has 0 amide bonds. The standard InChI is InChI=1S/C12H11F6NO3/c1-2-22-9(20)7-5-6(3-4-8(7)19)10(13,14)11(15,21)12(16,17)18/h3-5,21H,2,19H2,1H3. The van der Waals surface area contributed by atoms with Crippen molar-refractivity contribution in [2.45, 2.75) is 24.9 Å². The Kier molecular flexibility index (Phi) is 4.66. The molecule has 0 bridgehead atoms. The zero-order valence-corrected chi connectivity index (χ0v) is 11.0. The van der Waals surface area contributed by atoms with E-state index in [1.165, 1.54) is 6.92 Å². The monoisotopic (exact) mass is 331 g/mol. The molecule has 1 aromatic carbocycles. The maximum absolute atomic E-state index is 13.7. The fraction of sp³-hybridized carbons (Fsp3) is 0.417. The molecule has 0 aliphatic rings. The predicted octanol–water partition coefficient (Wildman–Crippen LogP) is 2.76. The molecule has 3 N–H and O–H groups in total. The number of hydrogen-bond acceptors (Lipinski definition) is 4. The molecule has 0 aliphatic carbocycles. The van der Waals surface area contributed by atoms with E-state index in [4.69, 9.17) is 10.8 Å². The first kappa shape index (κ1) is 18.1. The quantitative estimate of drug-likeness (QED) is 0.505. The van der Waals surface area contributed by atoms with Crippen LogP contribution in [0.25, 0.3) is 0 Å². The van der Waals surface area contributed by atoms with Gasteiger partial charge in [-0.05, 0) is 19.1 Å². The van der Waals surface area contributed by atoms with Gasteiger partial charge in [-0.2, -0.15) is 26.3 Å². The van der Waals surface area contributed by atoms with E-state index in [0.717, 1.165) is 0 Å². The molecule has 0 radical (unpaired) electrons. The summed E-state index contributed by atoms with van der Waals surface area (Å²) in [6.07, 6.45) is -6.25. The van der Waals surface area contributed by atoms with Crippen LogP contribution >= 0.6 is 0 Å². The third kappa shape index (κ3) is 2.96. The number of esters is 1. The van der Waals surface area contributed by atoms with Crippen molar-refractivity contribution in [2.75, 3.05) is 12.3 Å². The average Bonchev–Trinajstić information content (AvgIpc) is 2.37. The van der Waals surface area contributed by atoms with E-state index in [0.29, 0.717) is 12.1 Å². The topological polar surface area (TPSA) is 72.5 Å². The molecular formula is C12H11F6NO3. The van der Waals surface area contributed by atoms with Crippen LogP contribution in [0.2, 0.25) is 0 Å². The van der Waals surface area contributed by atoms with Crippen LogP contribution in [0.1, 0.15) is 22.8 Å². The number of carbonyl (C=O) groups is 1. The molecule has 22 heavy (non-hydrogen) atoms. The number of nitrogen functional groups attached to an aromatic ring is 1. The number of hydrogen-bond donors (Lipinski definition) is 2. The summed E-state index contributed by atoms with van der Waals surface area (Å²) >= 11 is 0. The number of carbonyl (C=O) groups excluding carboxylic acids is 1. The van der Waals surface area contributed by atoms with Gasteiger partial charge in [-0.15, -0.1) is 0 Å². The Labute approximate surface area is 120 Å². The first-order chi connectivity index (χ1) is 9.86. The van der Waals surface area contributed by atoms with Crippen LogP contribution in [0, 0.1) is 0 Å². The van der Waals surface area contributed by atoms with Crippen molar-refractivity contribution >= 4 is 11.7 Å². The molecule has 0 saturated heterocycles. The Morgan fingerprint density at radius 2 is 1.77 bits per heavy atom. The van der Waals surface area contributed by atoms with Gasteiger partial charge in [-0.1, -0.05) is 6.07 Å². The second kappa shape index (κ2) is 5.67. The Hall–Kier alpha value is -1.97. The molecule has 4 nitrogen and oxygen atoms in total. The first-order valence-electron chi connectivity index (χ1n) is 5.79. The van der Waals surface area contributed by atoms with Gasteiger partial charge in [-0.25, -0.2) is 4.79 Å². The molecule has 0 fully saturated rings. The molecule has 10 heteroatoms. The highest BCUT2D eigenvalue weighted by molar-refractivity contribution is 5.95. The fourth-order valence-corrected chi connectivity index (χ4v) is 1.51. The summed E-state index contributed by atoms with van der Waals surface area (Å²) in [5.74, 6) is -12.4. The van der Waals surface area contributed by atoms with Crippen molar-refractivity contribution < 1.29 is 41.0 Å². The van der Waals surface area contributed by atoms with E-state index in [2.05, 4.69) is 4.74 Å². The third-order valence-electron chi connectivity index (χ3n) is 2.70. The van der Waals surface area contributed by atoms with Crippen molar-refractivity contribution in [3.8, 4) is 0 Å². The van der Waals surface area contributed by atoms with Crippen molar-refractivity contribution in [3.05, 3.63) is 29.3 Å². The molecule has 0 saturated carbocycles. The summed E-state index contributed by atoms with van der Waals surface area (Å²) in [5, 5.41) is 8.55. The van der Waals surface area contributed by atoms with E-state index in [1.54, 1.807) is 0 Å². The van der Waals surface area contributed by atoms with Gasteiger partial charge in [0.15, 0.2) is 0 Å². The predicted molar refractivity (Wildman–Crippen MR) is 62.8 cm³/mol. The lowest BCUT2D eigenvalue weighted by Gasteiger charge is -2.30. The van der Waals surface area contributed by atoms with Gasteiger partial charge in [0.05, 0.1) is 12.2 Å². The molecule has 0 aliphatic heterocycles. The Morgan fingerprint density at radius 1 is 1.23 bits per heavy atom. The molecule has 0 aromatic heterocycles. The number of benzene rings is 1. The SMILES string of the molecule is CCOC(=O)c1cc(C(F)(F)C(O)(F)C(F)(F)F)ccc1N. The molecule has 1 unspecified atom stereocenters. The lowest BCUT2D eigenvalue weighted by Crippen LogP contribution is -2.53. The van der Waals surface area contributed by atoms with Gasteiger partial charge in [-0.3, -0.25) is 0 Å². The molecule has 1 rings (SSSR count). The average molecular weight is 331 g/mol. The number of nitrogens with two attached hydrogens (primary N) is 1. The molecular weight excluding hydrogens is 320 g/mol. The summed E-state index contributed by atoms with van der Waals surface area (Å²) in [6.45, 7) is 1.25. The minimum Gasteiger partial charge on any atom is -0.462 e. The van der Waals surface area contributed by atoms with Crippen molar-refractivity contribution in [3.63, 3.8) is 0 Å².